The van der Waals surface area contributed by atoms with Crippen LogP contribution in [0.15, 0.2) is 4.99 Å². The molecule has 1 atom stereocenters. The SMILES string of the molecule is I.NC(=NCCCOCC1CCCO1)N1CCOCC1. The predicted molar refractivity (Wildman–Crippen MR) is 88.7 cm³/mol. The quantitative estimate of drug-likeness (QED) is 0.310. The molecule has 0 aromatic rings. The van der Waals surface area contributed by atoms with Crippen LogP contribution in [0.5, 0.6) is 0 Å². The molecule has 2 aliphatic rings. The van der Waals surface area contributed by atoms with E-state index in [1.807, 2.05) is 0 Å². The highest BCUT2D eigenvalue weighted by molar-refractivity contribution is 14.0. The number of ether oxygens (including phenoxy) is 3. The summed E-state index contributed by atoms with van der Waals surface area (Å²) in [4.78, 5) is 6.44. The molecule has 0 aromatic heterocycles. The predicted octanol–water partition coefficient (Wildman–Crippen LogP) is 0.837. The number of morpholine rings is 1. The van der Waals surface area contributed by atoms with Gasteiger partial charge in [-0.2, -0.15) is 0 Å². The summed E-state index contributed by atoms with van der Waals surface area (Å²) in [5.41, 5.74) is 5.92. The maximum atomic E-state index is 5.92. The minimum Gasteiger partial charge on any atom is -0.379 e. The summed E-state index contributed by atoms with van der Waals surface area (Å²) in [5.74, 6) is 0.627. The molecule has 0 aliphatic carbocycles. The Bertz CT molecular complexity index is 280. The molecule has 2 N–H and O–H groups in total. The topological polar surface area (TPSA) is 69.3 Å². The van der Waals surface area contributed by atoms with Gasteiger partial charge in [0.05, 0.1) is 25.9 Å². The van der Waals surface area contributed by atoms with Crippen LogP contribution in [-0.4, -0.2) is 69.6 Å². The van der Waals surface area contributed by atoms with Crippen LogP contribution in [0.25, 0.3) is 0 Å². The Kier molecular flexibility index (Phi) is 9.49. The first kappa shape index (κ1) is 17.9. The maximum Gasteiger partial charge on any atom is 0.191 e. The second-order valence-corrected chi connectivity index (χ2v) is 4.90. The average Bonchev–Trinajstić information content (AvgIpc) is 2.96. The molecule has 0 radical (unpaired) electrons. The Morgan fingerprint density at radius 1 is 1.30 bits per heavy atom. The van der Waals surface area contributed by atoms with E-state index in [1.54, 1.807) is 0 Å². The molecule has 0 amide bonds. The van der Waals surface area contributed by atoms with Gasteiger partial charge in [0.1, 0.15) is 0 Å². The van der Waals surface area contributed by atoms with Crippen molar-refractivity contribution < 1.29 is 14.2 Å². The number of nitrogens with two attached hydrogens (primary N) is 1. The molecule has 0 spiro atoms. The summed E-state index contributed by atoms with van der Waals surface area (Å²) in [5, 5.41) is 0. The normalized spacial score (nSPS) is 23.7. The van der Waals surface area contributed by atoms with E-state index in [-0.39, 0.29) is 24.0 Å². The smallest absolute Gasteiger partial charge is 0.191 e. The van der Waals surface area contributed by atoms with Crippen LogP contribution in [0.3, 0.4) is 0 Å². The monoisotopic (exact) mass is 399 g/mol. The fourth-order valence-corrected chi connectivity index (χ4v) is 2.24. The Hall–Kier alpha value is -0.120. The Balaban J connectivity index is 0.00000200. The van der Waals surface area contributed by atoms with Crippen molar-refractivity contribution in [2.45, 2.75) is 25.4 Å². The highest BCUT2D eigenvalue weighted by Gasteiger charge is 2.15. The zero-order chi connectivity index (χ0) is 13.3. The first-order chi connectivity index (χ1) is 9.36. The van der Waals surface area contributed by atoms with Crippen molar-refractivity contribution in [3.63, 3.8) is 0 Å². The molecule has 1 unspecified atom stereocenters. The number of aliphatic imine (C=N–C) groups is 1. The molecule has 0 bridgehead atoms. The third kappa shape index (κ3) is 6.55. The van der Waals surface area contributed by atoms with E-state index >= 15 is 0 Å². The van der Waals surface area contributed by atoms with Crippen LogP contribution in [0, 0.1) is 0 Å². The van der Waals surface area contributed by atoms with Crippen molar-refractivity contribution in [3.05, 3.63) is 0 Å². The molecule has 2 heterocycles. The first-order valence-electron chi connectivity index (χ1n) is 7.18. The van der Waals surface area contributed by atoms with Crippen molar-refractivity contribution in [2.24, 2.45) is 10.7 Å². The Morgan fingerprint density at radius 2 is 2.10 bits per heavy atom. The lowest BCUT2D eigenvalue weighted by molar-refractivity contribution is 0.0170. The number of hydrogen-bond acceptors (Lipinski definition) is 4. The van der Waals surface area contributed by atoms with Crippen LogP contribution in [0.1, 0.15) is 19.3 Å². The zero-order valence-corrected chi connectivity index (χ0v) is 14.3. The van der Waals surface area contributed by atoms with Gasteiger partial charge in [-0.3, -0.25) is 4.99 Å². The molecule has 7 heteroatoms. The van der Waals surface area contributed by atoms with Gasteiger partial charge >= 0.3 is 0 Å². The third-order valence-electron chi connectivity index (χ3n) is 3.38. The Morgan fingerprint density at radius 3 is 2.80 bits per heavy atom. The molecule has 0 aromatic carbocycles. The van der Waals surface area contributed by atoms with Gasteiger partial charge in [0.25, 0.3) is 0 Å². The van der Waals surface area contributed by atoms with E-state index in [4.69, 9.17) is 19.9 Å². The number of hydrogen-bond donors (Lipinski definition) is 1. The Labute approximate surface area is 138 Å². The summed E-state index contributed by atoms with van der Waals surface area (Å²) in [7, 11) is 0. The molecule has 6 nitrogen and oxygen atoms in total. The minimum atomic E-state index is 0. The summed E-state index contributed by atoms with van der Waals surface area (Å²) in [6.45, 7) is 6.18. The summed E-state index contributed by atoms with van der Waals surface area (Å²) in [6, 6.07) is 0. The van der Waals surface area contributed by atoms with Crippen LogP contribution in [-0.2, 0) is 14.2 Å². The molecule has 20 heavy (non-hydrogen) atoms. The third-order valence-corrected chi connectivity index (χ3v) is 3.38. The van der Waals surface area contributed by atoms with Gasteiger partial charge in [0, 0.05) is 32.8 Å². The molecular weight excluding hydrogens is 373 g/mol. The van der Waals surface area contributed by atoms with Crippen molar-refractivity contribution >= 4 is 29.9 Å². The number of nitrogens with zero attached hydrogens (tertiary/aromatic N) is 2. The molecule has 118 valence electrons. The van der Waals surface area contributed by atoms with Gasteiger partial charge < -0.3 is 24.8 Å². The van der Waals surface area contributed by atoms with Gasteiger partial charge in [0.2, 0.25) is 0 Å². The lowest BCUT2D eigenvalue weighted by Gasteiger charge is -2.27. The zero-order valence-electron chi connectivity index (χ0n) is 12.0. The van der Waals surface area contributed by atoms with Gasteiger partial charge in [0.15, 0.2) is 5.96 Å². The summed E-state index contributed by atoms with van der Waals surface area (Å²) >= 11 is 0. The average molecular weight is 399 g/mol. The lowest BCUT2D eigenvalue weighted by atomic mass is 10.2. The molecular formula is C13H26IN3O3. The fourth-order valence-electron chi connectivity index (χ4n) is 2.24. The van der Waals surface area contributed by atoms with Gasteiger partial charge in [-0.1, -0.05) is 0 Å². The van der Waals surface area contributed by atoms with Crippen molar-refractivity contribution in [2.75, 3.05) is 52.7 Å². The van der Waals surface area contributed by atoms with Crippen LogP contribution >= 0.6 is 24.0 Å². The largest absolute Gasteiger partial charge is 0.379 e. The number of guanidine groups is 1. The van der Waals surface area contributed by atoms with Crippen LogP contribution in [0.2, 0.25) is 0 Å². The highest BCUT2D eigenvalue weighted by atomic mass is 127. The highest BCUT2D eigenvalue weighted by Crippen LogP contribution is 2.11. The van der Waals surface area contributed by atoms with Gasteiger partial charge in [-0.25, -0.2) is 0 Å². The van der Waals surface area contributed by atoms with E-state index < -0.39 is 0 Å². The molecule has 0 saturated carbocycles. The van der Waals surface area contributed by atoms with Crippen molar-refractivity contribution in [1.82, 2.24) is 4.90 Å². The number of rotatable bonds is 6. The van der Waals surface area contributed by atoms with Gasteiger partial charge in [-0.05, 0) is 19.3 Å². The van der Waals surface area contributed by atoms with Crippen molar-refractivity contribution in [3.8, 4) is 0 Å². The minimum absolute atomic E-state index is 0. The summed E-state index contributed by atoms with van der Waals surface area (Å²) < 4.78 is 16.3. The van der Waals surface area contributed by atoms with Gasteiger partial charge in [-0.15, -0.1) is 24.0 Å². The van der Waals surface area contributed by atoms with E-state index in [0.29, 0.717) is 25.2 Å². The second-order valence-electron chi connectivity index (χ2n) is 4.90. The standard InChI is InChI=1S/C13H25N3O3.HI/c14-13(16-5-9-17-10-6-16)15-4-2-7-18-11-12-3-1-8-19-12;/h12H,1-11H2,(H2,14,15);1H. The van der Waals surface area contributed by atoms with E-state index in [1.165, 1.54) is 0 Å². The molecule has 2 fully saturated rings. The van der Waals surface area contributed by atoms with Crippen LogP contribution < -0.4 is 5.73 Å². The fraction of sp³-hybridized carbons (Fsp3) is 0.923. The van der Waals surface area contributed by atoms with E-state index in [2.05, 4.69) is 9.89 Å². The van der Waals surface area contributed by atoms with Crippen LogP contribution in [0.4, 0.5) is 0 Å². The van der Waals surface area contributed by atoms with E-state index in [9.17, 15) is 0 Å². The molecule has 2 saturated heterocycles. The first-order valence-corrected chi connectivity index (χ1v) is 7.18. The summed E-state index contributed by atoms with van der Waals surface area (Å²) in [6.07, 6.45) is 3.50. The molecule has 2 aliphatic heterocycles. The molecule has 2 rings (SSSR count). The van der Waals surface area contributed by atoms with Crippen molar-refractivity contribution in [1.29, 1.82) is 0 Å². The van der Waals surface area contributed by atoms with E-state index in [0.717, 1.165) is 58.8 Å². The number of halogens is 1. The second kappa shape index (κ2) is 10.6. The lowest BCUT2D eigenvalue weighted by Crippen LogP contribution is -2.44. The maximum absolute atomic E-state index is 5.92.